The van der Waals surface area contributed by atoms with Gasteiger partial charge in [0.05, 0.1) is 0 Å². The summed E-state index contributed by atoms with van der Waals surface area (Å²) in [5, 5.41) is 3.21. The van der Waals surface area contributed by atoms with Crippen LogP contribution in [0.25, 0.3) is 0 Å². The van der Waals surface area contributed by atoms with Crippen LogP contribution in [-0.2, 0) is 6.54 Å². The first-order valence-corrected chi connectivity index (χ1v) is 6.49. The molecule has 1 atom stereocenters. The molecule has 0 spiro atoms. The van der Waals surface area contributed by atoms with Crippen LogP contribution in [0.2, 0.25) is 0 Å². The Morgan fingerprint density at radius 2 is 2.06 bits per heavy atom. The fourth-order valence-corrected chi connectivity index (χ4v) is 2.34. The molecule has 90 valence electrons. The van der Waals surface area contributed by atoms with Crippen molar-refractivity contribution >= 4 is 15.9 Å². The first kappa shape index (κ1) is 13.7. The molecule has 0 amide bonds. The zero-order valence-corrected chi connectivity index (χ0v) is 11.9. The molecule has 2 nitrogen and oxygen atoms in total. The fourth-order valence-electron chi connectivity index (χ4n) is 1.93. The van der Waals surface area contributed by atoms with Crippen LogP contribution < -0.4 is 5.32 Å². The molecule has 0 aromatic heterocycles. The standard InChI is InChI=1S/C13H21BrN2/c1-11(8-15-2)9-16(3)10-12-6-4-5-7-13(12)14/h4-7,11,15H,8-10H2,1-3H3. The Morgan fingerprint density at radius 1 is 1.38 bits per heavy atom. The summed E-state index contributed by atoms with van der Waals surface area (Å²) >= 11 is 3.58. The Morgan fingerprint density at radius 3 is 2.69 bits per heavy atom. The third kappa shape index (κ3) is 4.64. The van der Waals surface area contributed by atoms with Crippen molar-refractivity contribution in [2.45, 2.75) is 13.5 Å². The van der Waals surface area contributed by atoms with Gasteiger partial charge in [0.2, 0.25) is 0 Å². The number of nitrogens with one attached hydrogen (secondary N) is 1. The van der Waals surface area contributed by atoms with Gasteiger partial charge in [0, 0.05) is 17.6 Å². The highest BCUT2D eigenvalue weighted by atomic mass is 79.9. The van der Waals surface area contributed by atoms with Gasteiger partial charge in [0.15, 0.2) is 0 Å². The van der Waals surface area contributed by atoms with Crippen molar-refractivity contribution in [3.63, 3.8) is 0 Å². The Kier molecular flexibility index (Phi) is 6.03. The smallest absolute Gasteiger partial charge is 0.0242 e. The molecule has 1 aromatic carbocycles. The van der Waals surface area contributed by atoms with Gasteiger partial charge >= 0.3 is 0 Å². The first-order chi connectivity index (χ1) is 7.63. The third-order valence-electron chi connectivity index (χ3n) is 2.57. The molecule has 0 saturated heterocycles. The van der Waals surface area contributed by atoms with Crippen molar-refractivity contribution in [1.82, 2.24) is 10.2 Å². The van der Waals surface area contributed by atoms with Crippen LogP contribution in [0.15, 0.2) is 28.7 Å². The summed E-state index contributed by atoms with van der Waals surface area (Å²) in [6.07, 6.45) is 0. The quantitative estimate of drug-likeness (QED) is 0.864. The molecule has 16 heavy (non-hydrogen) atoms. The van der Waals surface area contributed by atoms with E-state index in [2.05, 4.69) is 64.4 Å². The van der Waals surface area contributed by atoms with Crippen molar-refractivity contribution in [3.8, 4) is 0 Å². The van der Waals surface area contributed by atoms with E-state index in [4.69, 9.17) is 0 Å². The van der Waals surface area contributed by atoms with E-state index in [1.54, 1.807) is 0 Å². The van der Waals surface area contributed by atoms with E-state index in [-0.39, 0.29) is 0 Å². The maximum absolute atomic E-state index is 3.58. The lowest BCUT2D eigenvalue weighted by Crippen LogP contribution is -2.29. The van der Waals surface area contributed by atoms with Crippen LogP contribution in [0.5, 0.6) is 0 Å². The van der Waals surface area contributed by atoms with Crippen LogP contribution >= 0.6 is 15.9 Å². The van der Waals surface area contributed by atoms with Crippen molar-refractivity contribution < 1.29 is 0 Å². The Balaban J connectivity index is 2.45. The van der Waals surface area contributed by atoms with E-state index in [0.29, 0.717) is 5.92 Å². The minimum atomic E-state index is 0.678. The van der Waals surface area contributed by atoms with Gasteiger partial charge in [0.1, 0.15) is 0 Å². The Labute approximate surface area is 107 Å². The third-order valence-corrected chi connectivity index (χ3v) is 3.35. The highest BCUT2D eigenvalue weighted by Crippen LogP contribution is 2.17. The average Bonchev–Trinajstić information content (AvgIpc) is 2.21. The number of halogens is 1. The summed E-state index contributed by atoms with van der Waals surface area (Å²) in [5.41, 5.74) is 1.35. The number of hydrogen-bond acceptors (Lipinski definition) is 2. The van der Waals surface area contributed by atoms with Gasteiger partial charge in [-0.1, -0.05) is 41.1 Å². The summed E-state index contributed by atoms with van der Waals surface area (Å²) < 4.78 is 1.20. The maximum atomic E-state index is 3.58. The molecule has 0 fully saturated rings. The van der Waals surface area contributed by atoms with E-state index < -0.39 is 0 Å². The minimum Gasteiger partial charge on any atom is -0.319 e. The monoisotopic (exact) mass is 284 g/mol. The lowest BCUT2D eigenvalue weighted by atomic mass is 10.1. The zero-order valence-electron chi connectivity index (χ0n) is 10.3. The van der Waals surface area contributed by atoms with Crippen molar-refractivity contribution in [1.29, 1.82) is 0 Å². The molecule has 0 aliphatic rings. The van der Waals surface area contributed by atoms with Crippen LogP contribution in [-0.4, -0.2) is 32.1 Å². The molecule has 1 aromatic rings. The van der Waals surface area contributed by atoms with Gasteiger partial charge in [-0.15, -0.1) is 0 Å². The van der Waals surface area contributed by atoms with E-state index in [9.17, 15) is 0 Å². The van der Waals surface area contributed by atoms with Crippen LogP contribution in [0.4, 0.5) is 0 Å². The van der Waals surface area contributed by atoms with E-state index in [0.717, 1.165) is 19.6 Å². The predicted molar refractivity (Wildman–Crippen MR) is 73.6 cm³/mol. The second-order valence-corrected chi connectivity index (χ2v) is 5.31. The number of benzene rings is 1. The van der Waals surface area contributed by atoms with Crippen LogP contribution in [0.3, 0.4) is 0 Å². The zero-order chi connectivity index (χ0) is 12.0. The molecule has 0 aliphatic carbocycles. The van der Waals surface area contributed by atoms with E-state index in [1.807, 2.05) is 7.05 Å². The lowest BCUT2D eigenvalue weighted by Gasteiger charge is -2.21. The fraction of sp³-hybridized carbons (Fsp3) is 0.538. The molecule has 0 aliphatic heterocycles. The van der Waals surface area contributed by atoms with Crippen molar-refractivity contribution in [2.24, 2.45) is 5.92 Å². The summed E-state index contributed by atoms with van der Waals surface area (Å²) in [6.45, 7) is 5.45. The Hall–Kier alpha value is -0.380. The molecule has 0 radical (unpaired) electrons. The summed E-state index contributed by atoms with van der Waals surface area (Å²) in [7, 11) is 4.18. The first-order valence-electron chi connectivity index (χ1n) is 5.70. The molecule has 0 bridgehead atoms. The van der Waals surface area contributed by atoms with Crippen molar-refractivity contribution in [2.75, 3.05) is 27.2 Å². The van der Waals surface area contributed by atoms with E-state index >= 15 is 0 Å². The lowest BCUT2D eigenvalue weighted by molar-refractivity contribution is 0.276. The van der Waals surface area contributed by atoms with Crippen LogP contribution in [0, 0.1) is 5.92 Å². The minimum absolute atomic E-state index is 0.678. The second kappa shape index (κ2) is 7.05. The topological polar surface area (TPSA) is 15.3 Å². The normalized spacial score (nSPS) is 13.1. The number of rotatable bonds is 6. The van der Waals surface area contributed by atoms with Gasteiger partial charge in [-0.05, 0) is 38.2 Å². The van der Waals surface area contributed by atoms with Gasteiger partial charge < -0.3 is 10.2 Å². The molecule has 3 heteroatoms. The van der Waals surface area contributed by atoms with Crippen LogP contribution in [0.1, 0.15) is 12.5 Å². The predicted octanol–water partition coefficient (Wildman–Crippen LogP) is 2.74. The molecule has 1 N–H and O–H groups in total. The average molecular weight is 285 g/mol. The van der Waals surface area contributed by atoms with Crippen molar-refractivity contribution in [3.05, 3.63) is 34.3 Å². The molecule has 1 unspecified atom stereocenters. The van der Waals surface area contributed by atoms with Gasteiger partial charge in [-0.2, -0.15) is 0 Å². The number of nitrogens with zero attached hydrogens (tertiary/aromatic N) is 1. The molecular weight excluding hydrogens is 264 g/mol. The van der Waals surface area contributed by atoms with E-state index in [1.165, 1.54) is 10.0 Å². The largest absolute Gasteiger partial charge is 0.319 e. The summed E-state index contributed by atoms with van der Waals surface area (Å²) in [5.74, 6) is 0.678. The summed E-state index contributed by atoms with van der Waals surface area (Å²) in [6, 6.07) is 8.41. The SMILES string of the molecule is CNCC(C)CN(C)Cc1ccccc1Br. The van der Waals surface area contributed by atoms with Gasteiger partial charge in [-0.25, -0.2) is 0 Å². The molecule has 0 saturated carbocycles. The Bertz CT molecular complexity index is 315. The van der Waals surface area contributed by atoms with Gasteiger partial charge in [0.25, 0.3) is 0 Å². The second-order valence-electron chi connectivity index (χ2n) is 4.45. The number of hydrogen-bond donors (Lipinski definition) is 1. The molecular formula is C13H21BrN2. The molecule has 0 heterocycles. The molecule has 1 rings (SSSR count). The maximum Gasteiger partial charge on any atom is 0.0242 e. The highest BCUT2D eigenvalue weighted by molar-refractivity contribution is 9.10. The highest BCUT2D eigenvalue weighted by Gasteiger charge is 2.07. The van der Waals surface area contributed by atoms with Gasteiger partial charge in [-0.3, -0.25) is 0 Å². The summed E-state index contributed by atoms with van der Waals surface area (Å²) in [4.78, 5) is 2.36.